The highest BCUT2D eigenvalue weighted by atomic mass is 35.5. The summed E-state index contributed by atoms with van der Waals surface area (Å²) in [5.74, 6) is -0.148. The van der Waals surface area contributed by atoms with Gasteiger partial charge in [-0.2, -0.15) is 0 Å². The van der Waals surface area contributed by atoms with Crippen molar-refractivity contribution < 1.29 is 9.59 Å². The van der Waals surface area contributed by atoms with E-state index >= 15 is 0 Å². The van der Waals surface area contributed by atoms with Crippen molar-refractivity contribution in [3.63, 3.8) is 0 Å². The van der Waals surface area contributed by atoms with Gasteiger partial charge in [-0.05, 0) is 42.8 Å². The number of rotatable bonds is 5. The van der Waals surface area contributed by atoms with E-state index in [0.29, 0.717) is 17.3 Å². The molecule has 1 aromatic carbocycles. The van der Waals surface area contributed by atoms with Gasteiger partial charge in [0.1, 0.15) is 12.2 Å². The monoisotopic (exact) mass is 373 g/mol. The normalized spacial score (nSPS) is 17.7. The van der Waals surface area contributed by atoms with Crippen molar-refractivity contribution in [2.75, 3.05) is 18.0 Å². The van der Waals surface area contributed by atoms with Crippen LogP contribution in [0.5, 0.6) is 0 Å². The number of hydrogen-bond acceptors (Lipinski definition) is 2. The quantitative estimate of drug-likeness (QED) is 0.801. The molecule has 5 nitrogen and oxygen atoms in total. The van der Waals surface area contributed by atoms with Gasteiger partial charge in [0.25, 0.3) is 5.91 Å². The van der Waals surface area contributed by atoms with Gasteiger partial charge >= 0.3 is 0 Å². The van der Waals surface area contributed by atoms with Crippen molar-refractivity contribution in [2.45, 2.75) is 32.2 Å². The highest BCUT2D eigenvalue weighted by Crippen LogP contribution is 2.25. The minimum absolute atomic E-state index is 0.00530. The Morgan fingerprint density at radius 2 is 1.96 bits per heavy atom. The average molecular weight is 374 g/mol. The number of piperazine rings is 1. The maximum Gasteiger partial charge on any atom is 0.271 e. The van der Waals surface area contributed by atoms with E-state index in [9.17, 15) is 9.59 Å². The van der Waals surface area contributed by atoms with Crippen LogP contribution in [0.2, 0.25) is 5.02 Å². The Kier molecular flexibility index (Phi) is 5.67. The highest BCUT2D eigenvalue weighted by Gasteiger charge is 2.36. The van der Waals surface area contributed by atoms with Crippen molar-refractivity contribution in [1.82, 2.24) is 9.47 Å². The van der Waals surface area contributed by atoms with E-state index in [1.54, 1.807) is 32.6 Å². The summed E-state index contributed by atoms with van der Waals surface area (Å²) in [6, 6.07) is 10.9. The molecule has 6 heteroatoms. The molecule has 3 rings (SSSR count). The van der Waals surface area contributed by atoms with Crippen molar-refractivity contribution in [2.24, 2.45) is 7.05 Å². The maximum atomic E-state index is 13.0. The Bertz CT molecular complexity index is 785. The fourth-order valence-corrected chi connectivity index (χ4v) is 3.52. The van der Waals surface area contributed by atoms with Crippen LogP contribution in [-0.2, 0) is 11.8 Å². The van der Waals surface area contributed by atoms with Gasteiger partial charge in [-0.15, -0.1) is 0 Å². The van der Waals surface area contributed by atoms with E-state index in [1.807, 2.05) is 31.4 Å². The van der Waals surface area contributed by atoms with E-state index in [4.69, 9.17) is 11.6 Å². The predicted molar refractivity (Wildman–Crippen MR) is 104 cm³/mol. The molecule has 0 saturated carbocycles. The van der Waals surface area contributed by atoms with Gasteiger partial charge in [-0.25, -0.2) is 0 Å². The van der Waals surface area contributed by atoms with Crippen LogP contribution in [0.4, 0.5) is 5.69 Å². The fraction of sp³-hybridized carbons (Fsp3) is 0.400. The zero-order valence-electron chi connectivity index (χ0n) is 15.2. The third-order valence-electron chi connectivity index (χ3n) is 4.89. The van der Waals surface area contributed by atoms with E-state index in [-0.39, 0.29) is 24.4 Å². The molecule has 1 atom stereocenters. The lowest BCUT2D eigenvalue weighted by atomic mass is 10.0. The molecule has 1 fully saturated rings. The third kappa shape index (κ3) is 3.78. The van der Waals surface area contributed by atoms with Gasteiger partial charge in [0, 0.05) is 30.5 Å². The van der Waals surface area contributed by atoms with Crippen LogP contribution in [0, 0.1) is 0 Å². The molecular weight excluding hydrogens is 350 g/mol. The number of nitrogens with zero attached hydrogens (tertiary/aromatic N) is 3. The smallest absolute Gasteiger partial charge is 0.271 e. The number of carbonyl (C=O) groups excluding carboxylic acids is 2. The predicted octanol–water partition coefficient (Wildman–Crippen LogP) is 3.73. The second-order valence-electron chi connectivity index (χ2n) is 6.71. The summed E-state index contributed by atoms with van der Waals surface area (Å²) < 4.78 is 1.80. The topological polar surface area (TPSA) is 45.6 Å². The van der Waals surface area contributed by atoms with Crippen LogP contribution < -0.4 is 4.90 Å². The summed E-state index contributed by atoms with van der Waals surface area (Å²) in [7, 11) is 1.85. The number of aryl methyl sites for hydroxylation is 1. The fourth-order valence-electron chi connectivity index (χ4n) is 3.40. The van der Waals surface area contributed by atoms with Gasteiger partial charge in [-0.3, -0.25) is 9.59 Å². The van der Waals surface area contributed by atoms with Gasteiger partial charge in [-0.1, -0.05) is 31.4 Å². The molecule has 0 unspecified atom stereocenters. The molecule has 1 saturated heterocycles. The van der Waals surface area contributed by atoms with Crippen LogP contribution in [0.3, 0.4) is 0 Å². The van der Waals surface area contributed by atoms with E-state index in [2.05, 4.69) is 6.92 Å². The zero-order chi connectivity index (χ0) is 18.7. The SMILES string of the molecule is CCCC[C@@H]1CN(c2ccc(Cl)cc2)C(=O)CN1C(=O)c1cccn1C. The first-order valence-electron chi connectivity index (χ1n) is 8.99. The van der Waals surface area contributed by atoms with Crippen molar-refractivity contribution in [3.05, 3.63) is 53.3 Å². The number of anilines is 1. The third-order valence-corrected chi connectivity index (χ3v) is 5.15. The summed E-state index contributed by atoms with van der Waals surface area (Å²) in [5, 5.41) is 0.640. The van der Waals surface area contributed by atoms with Gasteiger partial charge < -0.3 is 14.4 Å². The average Bonchev–Trinajstić information content (AvgIpc) is 3.06. The van der Waals surface area contributed by atoms with Crippen LogP contribution in [0.15, 0.2) is 42.6 Å². The number of carbonyl (C=O) groups is 2. The van der Waals surface area contributed by atoms with Crippen LogP contribution in [0.1, 0.15) is 36.7 Å². The minimum atomic E-state index is -0.0808. The number of hydrogen-bond donors (Lipinski definition) is 0. The number of unbranched alkanes of at least 4 members (excludes halogenated alkanes) is 1. The van der Waals surface area contributed by atoms with Crippen LogP contribution in [0.25, 0.3) is 0 Å². The van der Waals surface area contributed by atoms with E-state index < -0.39 is 0 Å². The molecule has 2 aromatic rings. The first-order valence-corrected chi connectivity index (χ1v) is 9.37. The van der Waals surface area contributed by atoms with Crippen LogP contribution >= 0.6 is 11.6 Å². The molecule has 0 radical (unpaired) electrons. The highest BCUT2D eigenvalue weighted by molar-refractivity contribution is 6.30. The summed E-state index contributed by atoms with van der Waals surface area (Å²) in [6.45, 7) is 2.74. The molecule has 1 aliphatic rings. The van der Waals surface area contributed by atoms with Crippen molar-refractivity contribution in [3.8, 4) is 0 Å². The summed E-state index contributed by atoms with van der Waals surface area (Å²) in [6.07, 6.45) is 4.80. The second kappa shape index (κ2) is 7.96. The molecule has 1 aromatic heterocycles. The van der Waals surface area contributed by atoms with Crippen LogP contribution in [-0.4, -0.2) is 40.4 Å². The Morgan fingerprint density at radius 1 is 1.23 bits per heavy atom. The Balaban J connectivity index is 1.85. The summed E-state index contributed by atoms with van der Waals surface area (Å²) >= 11 is 5.96. The Labute approximate surface area is 159 Å². The maximum absolute atomic E-state index is 13.0. The number of amides is 2. The lowest BCUT2D eigenvalue weighted by Gasteiger charge is -2.41. The van der Waals surface area contributed by atoms with Gasteiger partial charge in [0.05, 0.1) is 6.04 Å². The molecule has 0 N–H and O–H groups in total. The first-order chi connectivity index (χ1) is 12.5. The molecule has 0 aliphatic carbocycles. The molecular formula is C20H24ClN3O2. The lowest BCUT2D eigenvalue weighted by molar-refractivity contribution is -0.121. The molecule has 2 heterocycles. The number of benzene rings is 1. The molecule has 26 heavy (non-hydrogen) atoms. The minimum Gasteiger partial charge on any atom is -0.347 e. The molecule has 0 spiro atoms. The molecule has 0 bridgehead atoms. The van der Waals surface area contributed by atoms with Crippen molar-refractivity contribution >= 4 is 29.1 Å². The second-order valence-corrected chi connectivity index (χ2v) is 7.15. The van der Waals surface area contributed by atoms with Gasteiger partial charge in [0.15, 0.2) is 0 Å². The molecule has 1 aliphatic heterocycles. The summed E-state index contributed by atoms with van der Waals surface area (Å²) in [5.41, 5.74) is 1.44. The van der Waals surface area contributed by atoms with E-state index in [0.717, 1.165) is 24.9 Å². The van der Waals surface area contributed by atoms with Crippen molar-refractivity contribution in [1.29, 1.82) is 0 Å². The first kappa shape index (κ1) is 18.5. The van der Waals surface area contributed by atoms with E-state index in [1.165, 1.54) is 0 Å². The Hall–Kier alpha value is -2.27. The zero-order valence-corrected chi connectivity index (χ0v) is 15.9. The number of aromatic nitrogens is 1. The Morgan fingerprint density at radius 3 is 2.58 bits per heavy atom. The number of halogens is 1. The largest absolute Gasteiger partial charge is 0.347 e. The van der Waals surface area contributed by atoms with Gasteiger partial charge in [0.2, 0.25) is 5.91 Å². The lowest BCUT2D eigenvalue weighted by Crippen LogP contribution is -2.58. The molecule has 2 amide bonds. The standard InChI is InChI=1S/C20H24ClN3O2/c1-3-4-6-17-13-23(16-10-8-15(21)9-11-16)19(25)14-24(17)20(26)18-7-5-12-22(18)2/h5,7-12,17H,3-4,6,13-14H2,1-2H3/t17-/m1/s1. The summed E-state index contributed by atoms with van der Waals surface area (Å²) in [4.78, 5) is 29.3. The molecule has 138 valence electrons.